The monoisotopic (exact) mass is 409 g/mol. The van der Waals surface area contributed by atoms with Crippen molar-refractivity contribution in [2.45, 2.75) is 26.9 Å². The van der Waals surface area contributed by atoms with Crippen LogP contribution >= 0.6 is 11.3 Å². The minimum atomic E-state index is -3.39. The van der Waals surface area contributed by atoms with Crippen LogP contribution < -0.4 is 10.0 Å². The molecule has 0 bridgehead atoms. The van der Waals surface area contributed by atoms with E-state index in [-0.39, 0.29) is 18.8 Å². The number of aliphatic imine (C=N–C) groups is 1. The van der Waals surface area contributed by atoms with Crippen LogP contribution in [0.15, 0.2) is 40.7 Å². The highest BCUT2D eigenvalue weighted by Crippen LogP contribution is 2.09. The van der Waals surface area contributed by atoms with E-state index in [1.807, 2.05) is 61.5 Å². The van der Waals surface area contributed by atoms with Crippen LogP contribution in [0.25, 0.3) is 0 Å². The Hall–Kier alpha value is -1.97. The fourth-order valence-electron chi connectivity index (χ4n) is 2.40. The third kappa shape index (κ3) is 7.66. The number of nitrogens with zero attached hydrogens (tertiary/aromatic N) is 3. The minimum Gasteiger partial charge on any atom is -0.357 e. The summed E-state index contributed by atoms with van der Waals surface area (Å²) in [6.07, 6.45) is 0. The summed E-state index contributed by atoms with van der Waals surface area (Å²) in [4.78, 5) is 10.8. The van der Waals surface area contributed by atoms with E-state index in [1.54, 1.807) is 11.3 Å². The standard InChI is InChI=1S/C18H27N5O2S2/c1-4-19-18(23(3)13-17-14-26-15(2)22-17)20-10-11-27(24,25)21-12-16-8-6-5-7-9-16/h5-9,14,21H,4,10-13H2,1-3H3,(H,19,20). The number of hydrogen-bond acceptors (Lipinski definition) is 5. The summed E-state index contributed by atoms with van der Waals surface area (Å²) in [7, 11) is -1.47. The molecule has 2 aromatic rings. The van der Waals surface area contributed by atoms with Crippen LogP contribution in [-0.4, -0.2) is 50.2 Å². The Morgan fingerprint density at radius 2 is 2.04 bits per heavy atom. The van der Waals surface area contributed by atoms with Crippen molar-refractivity contribution < 1.29 is 8.42 Å². The van der Waals surface area contributed by atoms with E-state index in [4.69, 9.17) is 0 Å². The molecule has 0 unspecified atom stereocenters. The molecule has 0 aliphatic rings. The summed E-state index contributed by atoms with van der Waals surface area (Å²) in [6.45, 7) is 5.76. The van der Waals surface area contributed by atoms with Crippen LogP contribution in [0, 0.1) is 6.92 Å². The SMILES string of the molecule is CCNC(=NCCS(=O)(=O)NCc1ccccc1)N(C)Cc1csc(C)n1. The summed E-state index contributed by atoms with van der Waals surface area (Å²) >= 11 is 1.61. The fourth-order valence-corrected chi connectivity index (χ4v) is 3.87. The molecule has 7 nitrogen and oxygen atoms in total. The Labute approximate surface area is 165 Å². The van der Waals surface area contributed by atoms with Gasteiger partial charge in [0, 0.05) is 25.5 Å². The third-order valence-corrected chi connectivity index (χ3v) is 5.85. The molecule has 0 saturated carbocycles. The molecule has 0 saturated heterocycles. The van der Waals surface area contributed by atoms with Crippen molar-refractivity contribution in [2.24, 2.45) is 4.99 Å². The normalized spacial score (nSPS) is 12.2. The van der Waals surface area contributed by atoms with E-state index in [0.29, 0.717) is 19.0 Å². The van der Waals surface area contributed by atoms with Crippen LogP contribution in [0.2, 0.25) is 0 Å². The van der Waals surface area contributed by atoms with Crippen molar-refractivity contribution in [1.29, 1.82) is 0 Å². The molecule has 9 heteroatoms. The summed E-state index contributed by atoms with van der Waals surface area (Å²) in [5.41, 5.74) is 1.90. The zero-order valence-corrected chi connectivity index (χ0v) is 17.6. The highest BCUT2D eigenvalue weighted by atomic mass is 32.2. The Bertz CT molecular complexity index is 834. The first-order chi connectivity index (χ1) is 12.9. The molecule has 148 valence electrons. The number of hydrogen-bond donors (Lipinski definition) is 2. The number of nitrogens with one attached hydrogen (secondary N) is 2. The lowest BCUT2D eigenvalue weighted by molar-refractivity contribution is 0.471. The molecule has 0 fully saturated rings. The molecule has 0 radical (unpaired) electrons. The Morgan fingerprint density at radius 1 is 1.30 bits per heavy atom. The van der Waals surface area contributed by atoms with Crippen LogP contribution in [0.5, 0.6) is 0 Å². The lowest BCUT2D eigenvalue weighted by Crippen LogP contribution is -2.39. The Balaban J connectivity index is 1.89. The largest absolute Gasteiger partial charge is 0.357 e. The molecular formula is C18H27N5O2S2. The maximum Gasteiger partial charge on any atom is 0.213 e. The van der Waals surface area contributed by atoms with E-state index in [9.17, 15) is 8.42 Å². The molecule has 2 rings (SSSR count). The number of sulfonamides is 1. The predicted octanol–water partition coefficient (Wildman–Crippen LogP) is 1.97. The lowest BCUT2D eigenvalue weighted by Gasteiger charge is -2.21. The van der Waals surface area contributed by atoms with E-state index >= 15 is 0 Å². The van der Waals surface area contributed by atoms with Gasteiger partial charge in [0.1, 0.15) is 0 Å². The zero-order chi connectivity index (χ0) is 19.7. The summed E-state index contributed by atoms with van der Waals surface area (Å²) in [5, 5.41) is 6.24. The molecule has 0 aliphatic carbocycles. The van der Waals surface area contributed by atoms with Crippen molar-refractivity contribution in [3.05, 3.63) is 52.0 Å². The number of rotatable bonds is 9. The van der Waals surface area contributed by atoms with Crippen molar-refractivity contribution >= 4 is 27.3 Å². The Kier molecular flexibility index (Phi) is 8.21. The smallest absolute Gasteiger partial charge is 0.213 e. The van der Waals surface area contributed by atoms with Gasteiger partial charge in [-0.15, -0.1) is 11.3 Å². The maximum atomic E-state index is 12.2. The number of benzene rings is 1. The van der Waals surface area contributed by atoms with Crippen molar-refractivity contribution in [3.63, 3.8) is 0 Å². The van der Waals surface area contributed by atoms with Gasteiger partial charge in [-0.2, -0.15) is 0 Å². The first kappa shape index (κ1) is 21.3. The van der Waals surface area contributed by atoms with Gasteiger partial charge in [0.2, 0.25) is 10.0 Å². The second-order valence-electron chi connectivity index (χ2n) is 6.08. The van der Waals surface area contributed by atoms with Gasteiger partial charge in [0.25, 0.3) is 0 Å². The van der Waals surface area contributed by atoms with Crippen LogP contribution in [0.4, 0.5) is 0 Å². The molecule has 1 heterocycles. The van der Waals surface area contributed by atoms with Gasteiger partial charge >= 0.3 is 0 Å². The molecule has 1 aromatic carbocycles. The van der Waals surface area contributed by atoms with Gasteiger partial charge < -0.3 is 10.2 Å². The first-order valence-electron chi connectivity index (χ1n) is 8.81. The van der Waals surface area contributed by atoms with Crippen LogP contribution in [0.3, 0.4) is 0 Å². The average molecular weight is 410 g/mol. The highest BCUT2D eigenvalue weighted by molar-refractivity contribution is 7.89. The topological polar surface area (TPSA) is 86.7 Å². The van der Waals surface area contributed by atoms with Crippen molar-refractivity contribution in [1.82, 2.24) is 19.9 Å². The van der Waals surface area contributed by atoms with E-state index in [0.717, 1.165) is 16.3 Å². The molecule has 27 heavy (non-hydrogen) atoms. The molecular weight excluding hydrogens is 382 g/mol. The number of guanidine groups is 1. The van der Waals surface area contributed by atoms with Gasteiger partial charge in [-0.25, -0.2) is 18.1 Å². The van der Waals surface area contributed by atoms with Crippen molar-refractivity contribution in [3.8, 4) is 0 Å². The van der Waals surface area contributed by atoms with E-state index in [2.05, 4.69) is 20.0 Å². The molecule has 1 aromatic heterocycles. The quantitative estimate of drug-likeness (QED) is 0.488. The molecule has 0 aliphatic heterocycles. The van der Waals surface area contributed by atoms with Crippen LogP contribution in [0.1, 0.15) is 23.2 Å². The molecule has 2 N–H and O–H groups in total. The third-order valence-electron chi connectivity index (χ3n) is 3.72. The lowest BCUT2D eigenvalue weighted by atomic mass is 10.2. The summed E-state index contributed by atoms with van der Waals surface area (Å²) in [6, 6.07) is 9.45. The molecule has 0 atom stereocenters. The van der Waals surface area contributed by atoms with Gasteiger partial charge in [-0.1, -0.05) is 30.3 Å². The van der Waals surface area contributed by atoms with E-state index < -0.39 is 10.0 Å². The molecule has 0 amide bonds. The molecule has 0 spiro atoms. The average Bonchev–Trinajstić information content (AvgIpc) is 3.05. The fraction of sp³-hybridized carbons (Fsp3) is 0.444. The first-order valence-corrected chi connectivity index (χ1v) is 11.3. The highest BCUT2D eigenvalue weighted by Gasteiger charge is 2.12. The van der Waals surface area contributed by atoms with E-state index in [1.165, 1.54) is 0 Å². The van der Waals surface area contributed by atoms with Gasteiger partial charge in [0.05, 0.1) is 29.5 Å². The van der Waals surface area contributed by atoms with Crippen LogP contribution in [-0.2, 0) is 23.1 Å². The van der Waals surface area contributed by atoms with Gasteiger partial charge in [0.15, 0.2) is 5.96 Å². The van der Waals surface area contributed by atoms with Gasteiger partial charge in [-0.3, -0.25) is 4.99 Å². The second kappa shape index (κ2) is 10.4. The number of aromatic nitrogens is 1. The zero-order valence-electron chi connectivity index (χ0n) is 16.0. The number of thiazole rings is 1. The summed E-state index contributed by atoms with van der Waals surface area (Å²) < 4.78 is 27.0. The van der Waals surface area contributed by atoms with Gasteiger partial charge in [-0.05, 0) is 19.4 Å². The Morgan fingerprint density at radius 3 is 2.67 bits per heavy atom. The predicted molar refractivity (Wildman–Crippen MR) is 111 cm³/mol. The number of aryl methyl sites for hydroxylation is 1. The minimum absolute atomic E-state index is 0.0572. The summed E-state index contributed by atoms with van der Waals surface area (Å²) in [5.74, 6) is 0.611. The maximum absolute atomic E-state index is 12.2. The second-order valence-corrected chi connectivity index (χ2v) is 9.06. The van der Waals surface area contributed by atoms with Crippen molar-refractivity contribution in [2.75, 3.05) is 25.9 Å².